The van der Waals surface area contributed by atoms with Crippen molar-refractivity contribution in [3.63, 3.8) is 0 Å². The number of rotatable bonds is 3. The van der Waals surface area contributed by atoms with Crippen LogP contribution in [0, 0.1) is 0 Å². The summed E-state index contributed by atoms with van der Waals surface area (Å²) in [6.07, 6.45) is 1.83. The first-order chi connectivity index (χ1) is 10.5. The van der Waals surface area contributed by atoms with E-state index in [9.17, 15) is 13.2 Å². The highest BCUT2D eigenvalue weighted by Crippen LogP contribution is 2.33. The van der Waals surface area contributed by atoms with Crippen LogP contribution >= 0.6 is 0 Å². The van der Waals surface area contributed by atoms with Crippen LogP contribution in [0.5, 0.6) is 0 Å². The van der Waals surface area contributed by atoms with Gasteiger partial charge < -0.3 is 9.47 Å². The van der Waals surface area contributed by atoms with E-state index in [2.05, 4.69) is 9.98 Å². The van der Waals surface area contributed by atoms with Gasteiger partial charge >= 0.3 is 6.18 Å². The molecule has 2 atom stereocenters. The monoisotopic (exact) mass is 310 g/mol. The number of allylic oxidation sites excluding steroid dienone is 2. The molecule has 1 aliphatic carbocycles. The molecule has 1 aromatic rings. The third kappa shape index (κ3) is 2.76. The summed E-state index contributed by atoms with van der Waals surface area (Å²) in [5.41, 5.74) is 0.752. The van der Waals surface area contributed by atoms with Gasteiger partial charge in [-0.25, -0.2) is 4.99 Å². The van der Waals surface area contributed by atoms with Crippen molar-refractivity contribution < 1.29 is 22.6 Å². The van der Waals surface area contributed by atoms with E-state index >= 15 is 0 Å². The minimum atomic E-state index is -4.38. The Bertz CT molecular complexity index is 665. The molecule has 0 N–H and O–H groups in total. The molecule has 0 saturated carbocycles. The van der Waals surface area contributed by atoms with E-state index < -0.39 is 23.9 Å². The Morgan fingerprint density at radius 3 is 2.91 bits per heavy atom. The van der Waals surface area contributed by atoms with Crippen molar-refractivity contribution in [3.05, 3.63) is 53.4 Å². The molecule has 1 aliphatic heterocycles. The van der Waals surface area contributed by atoms with Crippen LogP contribution in [0.1, 0.15) is 11.1 Å². The minimum Gasteiger partial charge on any atom is -0.467 e. The van der Waals surface area contributed by atoms with E-state index in [0.717, 1.165) is 17.7 Å². The molecule has 0 amide bonds. The predicted octanol–water partition coefficient (Wildman–Crippen LogP) is 2.80. The fourth-order valence-electron chi connectivity index (χ4n) is 2.39. The number of methoxy groups -OCH3 is 1. The topological polar surface area (TPSA) is 43.7 Å². The Labute approximate surface area is 125 Å². The molecule has 2 unspecified atom stereocenters. The number of nitrogens with zero attached hydrogens (tertiary/aromatic N) is 2. The van der Waals surface area contributed by atoms with Gasteiger partial charge in [-0.05, 0) is 18.2 Å². The average Bonchev–Trinajstić information content (AvgIpc) is 2.90. The van der Waals surface area contributed by atoms with Gasteiger partial charge in [0.2, 0.25) is 5.90 Å². The van der Waals surface area contributed by atoms with Crippen molar-refractivity contribution in [3.8, 4) is 0 Å². The van der Waals surface area contributed by atoms with Gasteiger partial charge in [-0.2, -0.15) is 13.2 Å². The summed E-state index contributed by atoms with van der Waals surface area (Å²) in [4.78, 5) is 8.28. The van der Waals surface area contributed by atoms with Gasteiger partial charge in [0.05, 0.1) is 12.2 Å². The van der Waals surface area contributed by atoms with E-state index in [1.807, 2.05) is 0 Å². The molecular weight excluding hydrogens is 297 g/mol. The number of fused-ring (bicyclic) bond motifs is 1. The summed E-state index contributed by atoms with van der Waals surface area (Å²) >= 11 is 0. The van der Waals surface area contributed by atoms with Gasteiger partial charge in [-0.15, -0.1) is 0 Å². The van der Waals surface area contributed by atoms with Crippen LogP contribution in [0.3, 0.4) is 0 Å². The lowest BCUT2D eigenvalue weighted by atomic mass is 10.0. The van der Waals surface area contributed by atoms with E-state index in [4.69, 9.17) is 9.47 Å². The van der Waals surface area contributed by atoms with Crippen molar-refractivity contribution in [2.75, 3.05) is 7.11 Å². The molecule has 0 radical (unpaired) electrons. The van der Waals surface area contributed by atoms with Crippen LogP contribution in [-0.4, -0.2) is 36.3 Å². The molecule has 2 heterocycles. The fourth-order valence-corrected chi connectivity index (χ4v) is 2.39. The normalized spacial score (nSPS) is 23.6. The minimum absolute atomic E-state index is 0.314. The fraction of sp³-hybridized carbons (Fsp3) is 0.333. The highest BCUT2D eigenvalue weighted by Gasteiger charge is 2.38. The number of hydrogen-bond acceptors (Lipinski definition) is 4. The van der Waals surface area contributed by atoms with Crippen molar-refractivity contribution >= 4 is 5.90 Å². The first-order valence-electron chi connectivity index (χ1n) is 6.63. The van der Waals surface area contributed by atoms with Crippen molar-refractivity contribution in [2.24, 2.45) is 4.99 Å². The summed E-state index contributed by atoms with van der Waals surface area (Å²) in [5.74, 6) is 0.314. The van der Waals surface area contributed by atoms with Gasteiger partial charge in [0.25, 0.3) is 0 Å². The predicted molar refractivity (Wildman–Crippen MR) is 73.4 cm³/mol. The van der Waals surface area contributed by atoms with Crippen molar-refractivity contribution in [1.82, 2.24) is 4.98 Å². The van der Waals surface area contributed by atoms with Gasteiger partial charge in [0, 0.05) is 30.6 Å². The number of pyridine rings is 1. The van der Waals surface area contributed by atoms with Crippen molar-refractivity contribution in [2.45, 2.75) is 24.9 Å². The molecule has 0 saturated heterocycles. The summed E-state index contributed by atoms with van der Waals surface area (Å²) in [5, 5.41) is 0. The molecule has 116 valence electrons. The van der Waals surface area contributed by atoms with E-state index in [0.29, 0.717) is 18.1 Å². The van der Waals surface area contributed by atoms with E-state index in [1.165, 1.54) is 6.08 Å². The third-order valence-electron chi connectivity index (χ3n) is 3.43. The second kappa shape index (κ2) is 5.57. The Balaban J connectivity index is 1.91. The summed E-state index contributed by atoms with van der Waals surface area (Å²) < 4.78 is 49.0. The molecule has 0 fully saturated rings. The summed E-state index contributed by atoms with van der Waals surface area (Å²) in [6.45, 7) is 0.320. The lowest BCUT2D eigenvalue weighted by molar-refractivity contribution is -0.0889. The first kappa shape index (κ1) is 14.8. The zero-order valence-corrected chi connectivity index (χ0v) is 11.7. The molecule has 1 aromatic heterocycles. The van der Waals surface area contributed by atoms with Gasteiger partial charge in [0.1, 0.15) is 12.1 Å². The maximum atomic E-state index is 12.7. The molecule has 22 heavy (non-hydrogen) atoms. The average molecular weight is 310 g/mol. The van der Waals surface area contributed by atoms with E-state index in [1.54, 1.807) is 25.6 Å². The second-order valence-electron chi connectivity index (χ2n) is 4.95. The molecular formula is C15H13F3N2O2. The summed E-state index contributed by atoms with van der Waals surface area (Å²) in [6, 6.07) is 1.04. The largest absolute Gasteiger partial charge is 0.467 e. The number of hydrogen-bond donors (Lipinski definition) is 0. The Morgan fingerprint density at radius 1 is 1.36 bits per heavy atom. The van der Waals surface area contributed by atoms with Crippen LogP contribution in [0.15, 0.2) is 47.3 Å². The Morgan fingerprint density at radius 2 is 2.18 bits per heavy atom. The standard InChI is InChI=1S/C15H13F3N2O2/c1-21-8-9-7-19-5-4-11(9)14-20-12-6-10(15(16,17)18)2-3-13(12)22-14/h2-7,12-13H,8H2,1H3. The smallest absolute Gasteiger partial charge is 0.416 e. The first-order valence-corrected chi connectivity index (χ1v) is 6.63. The number of aliphatic imine (C=N–C) groups is 1. The lowest BCUT2D eigenvalue weighted by Crippen LogP contribution is -2.24. The lowest BCUT2D eigenvalue weighted by Gasteiger charge is -2.18. The van der Waals surface area contributed by atoms with Crippen LogP contribution in [0.25, 0.3) is 0 Å². The number of halogens is 3. The zero-order chi connectivity index (χ0) is 15.7. The molecule has 4 nitrogen and oxygen atoms in total. The SMILES string of the molecule is COCc1cnccc1C1=NC2C=C(C(F)(F)F)C=CC2O1. The van der Waals surface area contributed by atoms with E-state index in [-0.39, 0.29) is 0 Å². The van der Waals surface area contributed by atoms with Gasteiger partial charge in [-0.1, -0.05) is 6.08 Å². The maximum absolute atomic E-state index is 12.7. The van der Waals surface area contributed by atoms with Crippen LogP contribution in [0.2, 0.25) is 0 Å². The molecule has 0 bridgehead atoms. The summed E-state index contributed by atoms with van der Waals surface area (Å²) in [7, 11) is 1.55. The Hall–Kier alpha value is -2.15. The van der Waals surface area contributed by atoms with Gasteiger partial charge in [0.15, 0.2) is 0 Å². The highest BCUT2D eigenvalue weighted by molar-refractivity contribution is 5.97. The molecule has 2 aliphatic rings. The van der Waals surface area contributed by atoms with Crippen LogP contribution in [-0.2, 0) is 16.1 Å². The number of alkyl halides is 3. The molecule has 7 heteroatoms. The highest BCUT2D eigenvalue weighted by atomic mass is 19.4. The van der Waals surface area contributed by atoms with Gasteiger partial charge in [-0.3, -0.25) is 4.98 Å². The molecule has 0 aromatic carbocycles. The molecule has 3 rings (SSSR count). The number of ether oxygens (including phenoxy) is 2. The third-order valence-corrected chi connectivity index (χ3v) is 3.43. The zero-order valence-electron chi connectivity index (χ0n) is 11.7. The maximum Gasteiger partial charge on any atom is 0.416 e. The second-order valence-corrected chi connectivity index (χ2v) is 4.95. The van der Waals surface area contributed by atoms with Crippen molar-refractivity contribution in [1.29, 1.82) is 0 Å². The van der Waals surface area contributed by atoms with Crippen LogP contribution in [0.4, 0.5) is 13.2 Å². The van der Waals surface area contributed by atoms with Crippen LogP contribution < -0.4 is 0 Å². The number of aromatic nitrogens is 1. The Kier molecular flexibility index (Phi) is 3.74. The molecule has 0 spiro atoms. The quantitative estimate of drug-likeness (QED) is 0.862.